The molecule has 1 saturated heterocycles. The van der Waals surface area contributed by atoms with Crippen LogP contribution in [0.3, 0.4) is 0 Å². The number of hydrogen-bond donors (Lipinski definition) is 0. The van der Waals surface area contributed by atoms with Crippen LogP contribution in [0.1, 0.15) is 21.5 Å². The zero-order chi connectivity index (χ0) is 24.8. The second-order valence-electron chi connectivity index (χ2n) is 9.16. The summed E-state index contributed by atoms with van der Waals surface area (Å²) in [6.07, 6.45) is 0. The zero-order valence-corrected chi connectivity index (χ0v) is 20.9. The normalized spacial score (nSPS) is 14.1. The lowest BCUT2D eigenvalue weighted by atomic mass is 10.1. The van der Waals surface area contributed by atoms with Crippen molar-refractivity contribution < 1.29 is 4.79 Å². The van der Waals surface area contributed by atoms with Crippen molar-refractivity contribution in [2.24, 2.45) is 0 Å². The van der Waals surface area contributed by atoms with E-state index in [0.717, 1.165) is 50.6 Å². The summed E-state index contributed by atoms with van der Waals surface area (Å²) in [5.41, 5.74) is 5.38. The maximum absolute atomic E-state index is 13.2. The van der Waals surface area contributed by atoms with Crippen LogP contribution in [0.5, 0.6) is 0 Å². The number of carbonyl (C=O) groups excluding carboxylic acids is 1. The second kappa shape index (κ2) is 8.91. The Morgan fingerprint density at radius 2 is 1.58 bits per heavy atom. The van der Waals surface area contributed by atoms with Gasteiger partial charge in [0, 0.05) is 47.7 Å². The summed E-state index contributed by atoms with van der Waals surface area (Å²) in [5, 5.41) is 10.7. The van der Waals surface area contributed by atoms with Gasteiger partial charge in [-0.25, -0.2) is 9.38 Å². The first kappa shape index (κ1) is 22.5. The lowest BCUT2D eigenvalue weighted by molar-refractivity contribution is 0.0745. The number of benzene rings is 3. The minimum atomic E-state index is 0.0704. The van der Waals surface area contributed by atoms with E-state index in [1.807, 2.05) is 70.8 Å². The molecule has 0 aliphatic carbocycles. The molecule has 3 heterocycles. The molecule has 0 radical (unpaired) electrons. The Hall–Kier alpha value is -3.97. The van der Waals surface area contributed by atoms with Crippen LogP contribution in [0.25, 0.3) is 27.9 Å². The van der Waals surface area contributed by atoms with Gasteiger partial charge in [-0.3, -0.25) is 4.79 Å². The summed E-state index contributed by atoms with van der Waals surface area (Å²) in [6, 6.07) is 21.5. The van der Waals surface area contributed by atoms with Crippen molar-refractivity contribution in [3.63, 3.8) is 0 Å². The average Bonchev–Trinajstić information content (AvgIpc) is 3.33. The van der Waals surface area contributed by atoms with Gasteiger partial charge in [-0.05, 0) is 49.2 Å². The molecule has 6 rings (SSSR count). The highest BCUT2D eigenvalue weighted by Crippen LogP contribution is 2.31. The van der Waals surface area contributed by atoms with Crippen LogP contribution in [-0.4, -0.2) is 56.6 Å². The van der Waals surface area contributed by atoms with Crippen LogP contribution in [-0.2, 0) is 0 Å². The Balaban J connectivity index is 1.42. The Bertz CT molecular complexity index is 1620. The summed E-state index contributed by atoms with van der Waals surface area (Å²) < 4.78 is 2.04. The number of anilines is 1. The summed E-state index contributed by atoms with van der Waals surface area (Å²) in [4.78, 5) is 22.3. The van der Waals surface area contributed by atoms with E-state index in [0.29, 0.717) is 31.2 Å². The molecule has 1 fully saturated rings. The van der Waals surface area contributed by atoms with E-state index >= 15 is 0 Å². The van der Waals surface area contributed by atoms with Crippen molar-refractivity contribution in [1.29, 1.82) is 0 Å². The largest absolute Gasteiger partial charge is 0.338 e. The number of piperazine rings is 1. The molecule has 0 unspecified atom stereocenters. The second-order valence-corrected chi connectivity index (χ2v) is 9.60. The first-order chi connectivity index (χ1) is 17.5. The van der Waals surface area contributed by atoms with E-state index in [9.17, 15) is 4.79 Å². The molecule has 36 heavy (non-hydrogen) atoms. The fourth-order valence-corrected chi connectivity index (χ4v) is 5.06. The fourth-order valence-electron chi connectivity index (χ4n) is 4.90. The van der Waals surface area contributed by atoms with Gasteiger partial charge in [0.05, 0.1) is 5.52 Å². The van der Waals surface area contributed by atoms with Gasteiger partial charge < -0.3 is 9.80 Å². The van der Waals surface area contributed by atoms with Gasteiger partial charge in [0.1, 0.15) is 0 Å². The van der Waals surface area contributed by atoms with Crippen LogP contribution < -0.4 is 4.90 Å². The molecule has 1 amide bonds. The number of halogens is 1. The highest BCUT2D eigenvalue weighted by Gasteiger charge is 2.27. The van der Waals surface area contributed by atoms with Crippen LogP contribution >= 0.6 is 11.6 Å². The molecule has 0 spiro atoms. The predicted octanol–water partition coefficient (Wildman–Crippen LogP) is 5.18. The fraction of sp³-hybridized carbons (Fsp3) is 0.214. The number of hydrogen-bond acceptors (Lipinski definition) is 5. The first-order valence-electron chi connectivity index (χ1n) is 12.0. The molecule has 1 aliphatic rings. The van der Waals surface area contributed by atoms with Crippen LogP contribution in [0.2, 0.25) is 5.02 Å². The number of rotatable bonds is 3. The predicted molar refractivity (Wildman–Crippen MR) is 143 cm³/mol. The number of carbonyl (C=O) groups is 1. The number of aromatic nitrogens is 4. The van der Waals surface area contributed by atoms with Gasteiger partial charge in [-0.2, -0.15) is 0 Å². The van der Waals surface area contributed by atoms with Gasteiger partial charge in [-0.15, -0.1) is 10.2 Å². The van der Waals surface area contributed by atoms with E-state index in [4.69, 9.17) is 16.6 Å². The summed E-state index contributed by atoms with van der Waals surface area (Å²) in [6.45, 7) is 6.55. The lowest BCUT2D eigenvalue weighted by Crippen LogP contribution is -2.49. The number of aryl methyl sites for hydroxylation is 2. The SMILES string of the molecule is Cc1ccccc1C(=O)N1CCN(c2nc3cc(Cl)ccc3c3nnc(-c4ccccc4C)n23)CC1. The van der Waals surface area contributed by atoms with E-state index in [-0.39, 0.29) is 5.91 Å². The minimum absolute atomic E-state index is 0.0704. The molecule has 7 nitrogen and oxygen atoms in total. The molecule has 2 aromatic heterocycles. The average molecular weight is 497 g/mol. The summed E-state index contributed by atoms with van der Waals surface area (Å²) in [5.74, 6) is 1.58. The molecular formula is C28H25ClN6O. The van der Waals surface area contributed by atoms with E-state index in [2.05, 4.69) is 34.2 Å². The monoisotopic (exact) mass is 496 g/mol. The summed E-state index contributed by atoms with van der Waals surface area (Å²) in [7, 11) is 0. The zero-order valence-electron chi connectivity index (χ0n) is 20.1. The third kappa shape index (κ3) is 3.76. The van der Waals surface area contributed by atoms with Gasteiger partial charge in [-0.1, -0.05) is 54.1 Å². The Kier molecular flexibility index (Phi) is 5.57. The van der Waals surface area contributed by atoms with Crippen molar-refractivity contribution in [3.05, 3.63) is 88.4 Å². The van der Waals surface area contributed by atoms with Crippen molar-refractivity contribution in [3.8, 4) is 11.4 Å². The third-order valence-corrected chi connectivity index (χ3v) is 7.13. The Morgan fingerprint density at radius 1 is 0.861 bits per heavy atom. The molecule has 0 saturated carbocycles. The molecule has 5 aromatic rings. The van der Waals surface area contributed by atoms with Crippen molar-refractivity contribution in [2.75, 3.05) is 31.1 Å². The molecular weight excluding hydrogens is 472 g/mol. The molecule has 1 aliphatic heterocycles. The Morgan fingerprint density at radius 3 is 2.33 bits per heavy atom. The molecule has 8 heteroatoms. The van der Waals surface area contributed by atoms with Crippen molar-refractivity contribution in [2.45, 2.75) is 13.8 Å². The molecule has 0 bridgehead atoms. The maximum Gasteiger partial charge on any atom is 0.254 e. The van der Waals surface area contributed by atoms with Crippen LogP contribution in [0, 0.1) is 13.8 Å². The van der Waals surface area contributed by atoms with Gasteiger partial charge in [0.25, 0.3) is 5.91 Å². The van der Waals surface area contributed by atoms with Gasteiger partial charge in [0.2, 0.25) is 5.95 Å². The highest BCUT2D eigenvalue weighted by atomic mass is 35.5. The first-order valence-corrected chi connectivity index (χ1v) is 12.4. The number of fused-ring (bicyclic) bond motifs is 3. The van der Waals surface area contributed by atoms with E-state index in [1.54, 1.807) is 0 Å². The van der Waals surface area contributed by atoms with Crippen molar-refractivity contribution >= 4 is 40.0 Å². The molecule has 3 aromatic carbocycles. The van der Waals surface area contributed by atoms with Crippen molar-refractivity contribution in [1.82, 2.24) is 24.5 Å². The Labute approximate surface area is 214 Å². The standard InChI is InChI=1S/C28H25ClN6O/c1-18-7-3-5-9-21(18)25-31-32-26-23-12-11-20(29)17-24(23)30-28(35(25)26)34-15-13-33(14-16-34)27(36)22-10-6-4-8-19(22)2/h3-12,17H,13-16H2,1-2H3. The van der Waals surface area contributed by atoms with Gasteiger partial charge >= 0.3 is 0 Å². The van der Waals surface area contributed by atoms with Crippen LogP contribution in [0.4, 0.5) is 5.95 Å². The highest BCUT2D eigenvalue weighted by molar-refractivity contribution is 6.31. The van der Waals surface area contributed by atoms with Crippen LogP contribution in [0.15, 0.2) is 66.7 Å². The number of nitrogens with zero attached hydrogens (tertiary/aromatic N) is 6. The minimum Gasteiger partial charge on any atom is -0.338 e. The topological polar surface area (TPSA) is 66.6 Å². The molecule has 0 atom stereocenters. The van der Waals surface area contributed by atoms with E-state index in [1.165, 1.54) is 0 Å². The lowest BCUT2D eigenvalue weighted by Gasteiger charge is -2.36. The number of amides is 1. The quantitative estimate of drug-likeness (QED) is 0.344. The maximum atomic E-state index is 13.2. The third-order valence-electron chi connectivity index (χ3n) is 6.90. The smallest absolute Gasteiger partial charge is 0.254 e. The van der Waals surface area contributed by atoms with E-state index < -0.39 is 0 Å². The van der Waals surface area contributed by atoms with Gasteiger partial charge in [0.15, 0.2) is 11.5 Å². The molecule has 180 valence electrons. The summed E-state index contributed by atoms with van der Waals surface area (Å²) >= 11 is 6.31. The molecule has 0 N–H and O–H groups in total.